The van der Waals surface area contributed by atoms with Gasteiger partial charge in [-0.1, -0.05) is 36.6 Å². The monoisotopic (exact) mass is 329 g/mol. The number of aliphatic hydroxyl groups excluding tert-OH is 1. The van der Waals surface area contributed by atoms with Gasteiger partial charge in [0.05, 0.1) is 0 Å². The van der Waals surface area contributed by atoms with Gasteiger partial charge in [0.2, 0.25) is 10.0 Å². The third kappa shape index (κ3) is 5.11. The Kier molecular flexibility index (Phi) is 5.81. The molecular formula is C15H20ClNO3S. The summed E-state index contributed by atoms with van der Waals surface area (Å²) in [6.07, 6.45) is 5.22. The summed E-state index contributed by atoms with van der Waals surface area (Å²) in [6.45, 7) is 0.0219. The summed E-state index contributed by atoms with van der Waals surface area (Å²) in [6, 6.07) is 6.76. The molecule has 1 aliphatic carbocycles. The molecule has 2 N–H and O–H groups in total. The Labute approximate surface area is 130 Å². The fourth-order valence-corrected chi connectivity index (χ4v) is 3.85. The summed E-state index contributed by atoms with van der Waals surface area (Å²) in [5.74, 6) is 0.0115. The van der Waals surface area contributed by atoms with E-state index in [1.807, 2.05) is 0 Å². The van der Waals surface area contributed by atoms with Crippen LogP contribution >= 0.6 is 11.6 Å². The van der Waals surface area contributed by atoms with Crippen LogP contribution in [0.25, 0.3) is 6.08 Å². The van der Waals surface area contributed by atoms with Crippen molar-refractivity contribution in [3.05, 3.63) is 40.3 Å². The lowest BCUT2D eigenvalue weighted by Gasteiger charge is -2.30. The van der Waals surface area contributed by atoms with Crippen LogP contribution in [0.4, 0.5) is 0 Å². The maximum Gasteiger partial charge on any atom is 0.233 e. The lowest BCUT2D eigenvalue weighted by molar-refractivity contribution is 0.164. The first kappa shape index (κ1) is 16.5. The molecule has 2 rings (SSSR count). The summed E-state index contributed by atoms with van der Waals surface area (Å²) < 4.78 is 26.9. The van der Waals surface area contributed by atoms with Crippen LogP contribution in [0.5, 0.6) is 0 Å². The van der Waals surface area contributed by atoms with E-state index < -0.39 is 10.0 Å². The second-order valence-corrected chi connectivity index (χ2v) is 7.39. The number of aliphatic hydroxyl groups is 1. The molecular weight excluding hydrogens is 310 g/mol. The van der Waals surface area contributed by atoms with Gasteiger partial charge in [-0.3, -0.25) is 0 Å². The van der Waals surface area contributed by atoms with Crippen molar-refractivity contribution in [1.82, 2.24) is 4.72 Å². The van der Waals surface area contributed by atoms with E-state index in [9.17, 15) is 13.5 Å². The first-order chi connectivity index (χ1) is 10.00. The lowest BCUT2D eigenvalue weighted by atomic mass is 9.86. The zero-order valence-electron chi connectivity index (χ0n) is 11.7. The summed E-state index contributed by atoms with van der Waals surface area (Å²) >= 11 is 5.78. The smallest absolute Gasteiger partial charge is 0.233 e. The molecule has 116 valence electrons. The number of benzene rings is 1. The zero-order valence-corrected chi connectivity index (χ0v) is 13.3. The topological polar surface area (TPSA) is 66.4 Å². The Morgan fingerprint density at radius 3 is 2.57 bits per heavy atom. The molecule has 0 aromatic heterocycles. The molecule has 0 bridgehead atoms. The van der Waals surface area contributed by atoms with Crippen molar-refractivity contribution in [2.45, 2.75) is 31.7 Å². The van der Waals surface area contributed by atoms with Crippen molar-refractivity contribution in [2.75, 3.05) is 6.61 Å². The normalized spacial score (nSPS) is 23.5. The number of halogens is 1. The highest BCUT2D eigenvalue weighted by Crippen LogP contribution is 2.24. The molecule has 1 fully saturated rings. The molecule has 1 aromatic carbocycles. The van der Waals surface area contributed by atoms with E-state index in [1.165, 1.54) is 11.5 Å². The van der Waals surface area contributed by atoms with Gasteiger partial charge < -0.3 is 5.11 Å². The van der Waals surface area contributed by atoms with Crippen LogP contribution < -0.4 is 4.72 Å². The summed E-state index contributed by atoms with van der Waals surface area (Å²) in [7, 11) is -3.51. The molecule has 21 heavy (non-hydrogen) atoms. The molecule has 6 heteroatoms. The fourth-order valence-electron chi connectivity index (χ4n) is 2.57. The first-order valence-corrected chi connectivity index (χ1v) is 8.99. The molecule has 0 heterocycles. The van der Waals surface area contributed by atoms with Gasteiger partial charge in [0.15, 0.2) is 0 Å². The van der Waals surface area contributed by atoms with Gasteiger partial charge in [0.25, 0.3) is 0 Å². The van der Waals surface area contributed by atoms with E-state index in [-0.39, 0.29) is 18.6 Å². The Morgan fingerprint density at radius 1 is 1.24 bits per heavy atom. The van der Waals surface area contributed by atoms with Crippen LogP contribution in [0.3, 0.4) is 0 Å². The van der Waals surface area contributed by atoms with Crippen LogP contribution in [-0.2, 0) is 10.0 Å². The van der Waals surface area contributed by atoms with Gasteiger partial charge in [-0.2, -0.15) is 0 Å². The Balaban J connectivity index is 2.02. The third-order valence-corrected chi connectivity index (χ3v) is 5.15. The molecule has 1 saturated carbocycles. The van der Waals surface area contributed by atoms with Crippen molar-refractivity contribution in [2.24, 2.45) is 5.92 Å². The molecule has 1 aliphatic rings. The van der Waals surface area contributed by atoms with Crippen molar-refractivity contribution >= 4 is 27.7 Å². The van der Waals surface area contributed by atoms with E-state index in [4.69, 9.17) is 11.6 Å². The fraction of sp³-hybridized carbons (Fsp3) is 0.467. The quantitative estimate of drug-likeness (QED) is 0.873. The molecule has 0 radical (unpaired) electrons. The van der Waals surface area contributed by atoms with Gasteiger partial charge in [0, 0.05) is 23.1 Å². The second kappa shape index (κ2) is 7.40. The largest absolute Gasteiger partial charge is 0.396 e. The highest BCUT2D eigenvalue weighted by Gasteiger charge is 2.27. The highest BCUT2D eigenvalue weighted by atomic mass is 35.5. The van der Waals surface area contributed by atoms with E-state index in [1.54, 1.807) is 24.3 Å². The lowest BCUT2D eigenvalue weighted by Crippen LogP contribution is -2.42. The van der Waals surface area contributed by atoms with Crippen molar-refractivity contribution in [1.29, 1.82) is 0 Å². The Morgan fingerprint density at radius 2 is 1.90 bits per heavy atom. The minimum Gasteiger partial charge on any atom is -0.396 e. The Bertz CT molecular complexity index is 583. The van der Waals surface area contributed by atoms with Crippen LogP contribution in [0, 0.1) is 5.92 Å². The van der Waals surface area contributed by atoms with Gasteiger partial charge in [-0.25, -0.2) is 13.1 Å². The molecule has 2 unspecified atom stereocenters. The maximum atomic E-state index is 12.1. The summed E-state index contributed by atoms with van der Waals surface area (Å²) in [4.78, 5) is 0. The Hall–Kier alpha value is -0.880. The molecule has 2 atom stereocenters. The molecule has 1 aromatic rings. The highest BCUT2D eigenvalue weighted by molar-refractivity contribution is 7.92. The molecule has 0 spiro atoms. The standard InChI is InChI=1S/C15H20ClNO3S/c16-14-7-5-12(6-8-14)9-10-21(19,20)17-15-4-2-1-3-13(15)11-18/h5-10,13,15,17-18H,1-4,11H2/b10-9+. The number of sulfonamides is 1. The molecule has 0 aliphatic heterocycles. The van der Waals surface area contributed by atoms with Gasteiger partial charge in [-0.05, 0) is 42.5 Å². The first-order valence-electron chi connectivity index (χ1n) is 7.07. The van der Waals surface area contributed by atoms with Gasteiger partial charge in [0.1, 0.15) is 0 Å². The predicted molar refractivity (Wildman–Crippen MR) is 85.4 cm³/mol. The third-order valence-electron chi connectivity index (χ3n) is 3.77. The number of hydrogen-bond acceptors (Lipinski definition) is 3. The SMILES string of the molecule is O=S(=O)(/C=C/c1ccc(Cl)cc1)NC1CCCCC1CO. The van der Waals surface area contributed by atoms with E-state index in [0.717, 1.165) is 31.2 Å². The minimum atomic E-state index is -3.51. The predicted octanol–water partition coefficient (Wildman–Crippen LogP) is 2.78. The average molecular weight is 330 g/mol. The van der Waals surface area contributed by atoms with Crippen molar-refractivity contribution in [3.63, 3.8) is 0 Å². The second-order valence-electron chi connectivity index (χ2n) is 5.35. The van der Waals surface area contributed by atoms with Crippen LogP contribution in [0.1, 0.15) is 31.2 Å². The minimum absolute atomic E-state index is 0.0115. The van der Waals surface area contributed by atoms with E-state index in [0.29, 0.717) is 5.02 Å². The van der Waals surface area contributed by atoms with E-state index >= 15 is 0 Å². The number of hydrogen-bond donors (Lipinski definition) is 2. The average Bonchev–Trinajstić information content (AvgIpc) is 2.47. The molecule has 4 nitrogen and oxygen atoms in total. The van der Waals surface area contributed by atoms with Gasteiger partial charge >= 0.3 is 0 Å². The van der Waals surface area contributed by atoms with E-state index in [2.05, 4.69) is 4.72 Å². The molecule has 0 amide bonds. The number of rotatable bonds is 5. The molecule has 0 saturated heterocycles. The van der Waals surface area contributed by atoms with Crippen molar-refractivity contribution in [3.8, 4) is 0 Å². The van der Waals surface area contributed by atoms with Crippen LogP contribution in [-0.4, -0.2) is 26.2 Å². The van der Waals surface area contributed by atoms with Crippen LogP contribution in [0.15, 0.2) is 29.7 Å². The van der Waals surface area contributed by atoms with Crippen molar-refractivity contribution < 1.29 is 13.5 Å². The summed E-state index contributed by atoms with van der Waals surface area (Å²) in [5.41, 5.74) is 0.770. The van der Waals surface area contributed by atoms with Gasteiger partial charge in [-0.15, -0.1) is 0 Å². The zero-order chi connectivity index (χ0) is 15.3. The summed E-state index contributed by atoms with van der Waals surface area (Å²) in [5, 5.41) is 11.1. The van der Waals surface area contributed by atoms with Crippen LogP contribution in [0.2, 0.25) is 5.02 Å². The number of nitrogens with one attached hydrogen (secondary N) is 1. The maximum absolute atomic E-state index is 12.1.